The number of amides is 1. The second kappa shape index (κ2) is 8.12. The summed E-state index contributed by atoms with van der Waals surface area (Å²) < 4.78 is 16.5. The zero-order valence-corrected chi connectivity index (χ0v) is 15.7. The molecule has 1 N–H and O–H groups in total. The molecule has 0 saturated carbocycles. The van der Waals surface area contributed by atoms with E-state index in [9.17, 15) is 9.59 Å². The first-order valence-electron chi connectivity index (χ1n) is 9.03. The highest BCUT2D eigenvalue weighted by atomic mass is 16.5. The second-order valence-corrected chi connectivity index (χ2v) is 6.37. The average molecular weight is 369 g/mol. The molecule has 1 atom stereocenters. The fourth-order valence-corrected chi connectivity index (χ4v) is 2.88. The van der Waals surface area contributed by atoms with Crippen molar-refractivity contribution in [3.05, 3.63) is 36.4 Å². The molecule has 0 fully saturated rings. The number of methoxy groups -OCH3 is 1. The summed E-state index contributed by atoms with van der Waals surface area (Å²) in [6.07, 6.45) is 1.04. The highest BCUT2D eigenvalue weighted by Crippen LogP contribution is 2.36. The Hall–Kier alpha value is -3.02. The number of nitrogens with one attached hydrogen (secondary N) is 1. The standard InChI is InChI=1S/C21H23NO5/c1-4-5-10-20(23)26-13(2)21(24)22-16-12-18-15(11-19(16)25-3)14-8-6-7-9-17(14)27-18/h6-9,11-13H,4-5,10H2,1-3H3,(H,22,24)/t13-/m1/s1. The third kappa shape index (κ3) is 4.05. The summed E-state index contributed by atoms with van der Waals surface area (Å²) in [5, 5.41) is 4.63. The minimum atomic E-state index is -0.898. The molecule has 0 radical (unpaired) electrons. The molecular formula is C21H23NO5. The molecule has 1 amide bonds. The van der Waals surface area contributed by atoms with Gasteiger partial charge in [-0.05, 0) is 25.5 Å². The van der Waals surface area contributed by atoms with Crippen LogP contribution in [0.15, 0.2) is 40.8 Å². The van der Waals surface area contributed by atoms with Gasteiger partial charge in [-0.1, -0.05) is 31.5 Å². The van der Waals surface area contributed by atoms with Gasteiger partial charge < -0.3 is 19.2 Å². The van der Waals surface area contributed by atoms with Crippen LogP contribution in [0.1, 0.15) is 33.1 Å². The van der Waals surface area contributed by atoms with Crippen molar-refractivity contribution in [3.8, 4) is 5.75 Å². The van der Waals surface area contributed by atoms with Gasteiger partial charge in [0, 0.05) is 23.3 Å². The van der Waals surface area contributed by atoms with Gasteiger partial charge in [-0.15, -0.1) is 0 Å². The van der Waals surface area contributed by atoms with Crippen LogP contribution in [0.3, 0.4) is 0 Å². The van der Waals surface area contributed by atoms with Gasteiger partial charge in [-0.3, -0.25) is 9.59 Å². The Balaban J connectivity index is 1.82. The molecule has 0 saturated heterocycles. The molecule has 0 aliphatic rings. The smallest absolute Gasteiger partial charge is 0.306 e. The van der Waals surface area contributed by atoms with E-state index in [0.29, 0.717) is 23.4 Å². The molecule has 0 spiro atoms. The van der Waals surface area contributed by atoms with Crippen LogP contribution in [-0.4, -0.2) is 25.1 Å². The molecule has 3 aromatic rings. The van der Waals surface area contributed by atoms with Crippen LogP contribution in [0.25, 0.3) is 21.9 Å². The van der Waals surface area contributed by atoms with Crippen LogP contribution in [0.4, 0.5) is 5.69 Å². The first kappa shape index (κ1) is 18.8. The Morgan fingerprint density at radius 2 is 1.93 bits per heavy atom. The molecule has 0 aliphatic heterocycles. The molecule has 0 aliphatic carbocycles. The predicted molar refractivity (Wildman–Crippen MR) is 104 cm³/mol. The number of ether oxygens (including phenoxy) is 2. The van der Waals surface area contributed by atoms with E-state index in [-0.39, 0.29) is 5.97 Å². The van der Waals surface area contributed by atoms with E-state index < -0.39 is 12.0 Å². The van der Waals surface area contributed by atoms with Gasteiger partial charge in [0.25, 0.3) is 5.91 Å². The number of carbonyl (C=O) groups is 2. The van der Waals surface area contributed by atoms with Crippen molar-refractivity contribution < 1.29 is 23.5 Å². The number of rotatable bonds is 7. The number of anilines is 1. The Kier molecular flexibility index (Phi) is 5.64. The van der Waals surface area contributed by atoms with Crippen molar-refractivity contribution in [1.29, 1.82) is 0 Å². The monoisotopic (exact) mass is 369 g/mol. The Bertz CT molecular complexity index is 975. The van der Waals surface area contributed by atoms with Crippen molar-refractivity contribution in [2.75, 3.05) is 12.4 Å². The van der Waals surface area contributed by atoms with Gasteiger partial charge in [0.05, 0.1) is 12.8 Å². The molecular weight excluding hydrogens is 346 g/mol. The average Bonchev–Trinajstić information content (AvgIpc) is 3.02. The van der Waals surface area contributed by atoms with Crippen molar-refractivity contribution in [2.24, 2.45) is 0 Å². The Labute approximate surface area is 157 Å². The summed E-state index contributed by atoms with van der Waals surface area (Å²) in [7, 11) is 1.54. The number of benzene rings is 2. The topological polar surface area (TPSA) is 77.8 Å². The van der Waals surface area contributed by atoms with E-state index in [4.69, 9.17) is 13.9 Å². The van der Waals surface area contributed by atoms with Crippen LogP contribution in [-0.2, 0) is 14.3 Å². The van der Waals surface area contributed by atoms with Crippen LogP contribution in [0, 0.1) is 0 Å². The first-order chi connectivity index (χ1) is 13.0. The summed E-state index contributed by atoms with van der Waals surface area (Å²) in [6.45, 7) is 3.54. The highest BCUT2D eigenvalue weighted by Gasteiger charge is 2.20. The molecule has 0 bridgehead atoms. The number of carbonyl (C=O) groups excluding carboxylic acids is 2. The Morgan fingerprint density at radius 1 is 1.15 bits per heavy atom. The molecule has 6 nitrogen and oxygen atoms in total. The van der Waals surface area contributed by atoms with Gasteiger partial charge in [0.1, 0.15) is 16.9 Å². The number of furan rings is 1. The summed E-state index contributed by atoms with van der Waals surface area (Å²) >= 11 is 0. The molecule has 0 unspecified atom stereocenters. The number of unbranched alkanes of at least 4 members (excludes halogenated alkanes) is 1. The SMILES string of the molecule is CCCCC(=O)O[C@H](C)C(=O)Nc1cc2oc3ccccc3c2cc1OC. The normalized spacial score (nSPS) is 12.1. The van der Waals surface area contributed by atoms with Crippen molar-refractivity contribution in [1.82, 2.24) is 0 Å². The van der Waals surface area contributed by atoms with Gasteiger partial charge in [0.2, 0.25) is 0 Å². The lowest BCUT2D eigenvalue weighted by Gasteiger charge is -2.15. The van der Waals surface area contributed by atoms with E-state index in [0.717, 1.165) is 29.2 Å². The summed E-state index contributed by atoms with van der Waals surface area (Å²) in [6, 6.07) is 11.2. The Morgan fingerprint density at radius 3 is 2.67 bits per heavy atom. The molecule has 3 rings (SSSR count). The van der Waals surface area contributed by atoms with Crippen molar-refractivity contribution in [2.45, 2.75) is 39.2 Å². The van der Waals surface area contributed by atoms with E-state index >= 15 is 0 Å². The number of para-hydroxylation sites is 1. The summed E-state index contributed by atoms with van der Waals surface area (Å²) in [5.74, 6) is -0.292. The minimum absolute atomic E-state index is 0.308. The lowest BCUT2D eigenvalue weighted by molar-refractivity contribution is -0.153. The zero-order valence-electron chi connectivity index (χ0n) is 15.7. The van der Waals surface area contributed by atoms with Crippen molar-refractivity contribution >= 4 is 39.5 Å². The molecule has 2 aromatic carbocycles. The second-order valence-electron chi connectivity index (χ2n) is 6.37. The number of fused-ring (bicyclic) bond motifs is 3. The summed E-state index contributed by atoms with van der Waals surface area (Å²) in [5.41, 5.74) is 1.86. The van der Waals surface area contributed by atoms with Crippen LogP contribution >= 0.6 is 0 Å². The van der Waals surface area contributed by atoms with Crippen LogP contribution < -0.4 is 10.1 Å². The fraction of sp³-hybridized carbons (Fsp3) is 0.333. The molecule has 27 heavy (non-hydrogen) atoms. The van der Waals surface area contributed by atoms with E-state index in [1.807, 2.05) is 37.3 Å². The van der Waals surface area contributed by atoms with E-state index in [1.165, 1.54) is 7.11 Å². The van der Waals surface area contributed by atoms with Gasteiger partial charge >= 0.3 is 5.97 Å². The molecule has 1 aromatic heterocycles. The number of hydrogen-bond donors (Lipinski definition) is 1. The molecule has 6 heteroatoms. The van der Waals surface area contributed by atoms with Gasteiger partial charge in [0.15, 0.2) is 6.10 Å². The third-order valence-electron chi connectivity index (χ3n) is 4.37. The van der Waals surface area contributed by atoms with Crippen molar-refractivity contribution in [3.63, 3.8) is 0 Å². The molecule has 1 heterocycles. The lowest BCUT2D eigenvalue weighted by Crippen LogP contribution is -2.30. The maximum atomic E-state index is 12.4. The largest absolute Gasteiger partial charge is 0.495 e. The maximum Gasteiger partial charge on any atom is 0.306 e. The molecule has 142 valence electrons. The first-order valence-corrected chi connectivity index (χ1v) is 9.03. The minimum Gasteiger partial charge on any atom is -0.495 e. The fourth-order valence-electron chi connectivity index (χ4n) is 2.88. The van der Waals surface area contributed by atoms with Crippen LogP contribution in [0.5, 0.6) is 5.75 Å². The van der Waals surface area contributed by atoms with Gasteiger partial charge in [-0.2, -0.15) is 0 Å². The number of esters is 1. The predicted octanol–water partition coefficient (Wildman–Crippen LogP) is 4.66. The quantitative estimate of drug-likeness (QED) is 0.613. The van der Waals surface area contributed by atoms with Crippen LogP contribution in [0.2, 0.25) is 0 Å². The maximum absolute atomic E-state index is 12.4. The van der Waals surface area contributed by atoms with E-state index in [2.05, 4.69) is 5.32 Å². The summed E-state index contributed by atoms with van der Waals surface area (Å²) in [4.78, 5) is 24.1. The van der Waals surface area contributed by atoms with Gasteiger partial charge in [-0.25, -0.2) is 0 Å². The third-order valence-corrected chi connectivity index (χ3v) is 4.37. The lowest BCUT2D eigenvalue weighted by atomic mass is 10.1. The highest BCUT2D eigenvalue weighted by molar-refractivity contribution is 6.08. The van der Waals surface area contributed by atoms with E-state index in [1.54, 1.807) is 13.0 Å². The number of hydrogen-bond acceptors (Lipinski definition) is 5. The zero-order chi connectivity index (χ0) is 19.4.